The number of rotatable bonds is 4. The molecule has 3 heteroatoms. The van der Waals surface area contributed by atoms with Gasteiger partial charge in [-0.25, -0.2) is 0 Å². The zero-order valence-corrected chi connectivity index (χ0v) is 11.6. The van der Waals surface area contributed by atoms with E-state index >= 15 is 0 Å². The van der Waals surface area contributed by atoms with Gasteiger partial charge in [-0.05, 0) is 38.5 Å². The summed E-state index contributed by atoms with van der Waals surface area (Å²) in [7, 11) is 0. The van der Waals surface area contributed by atoms with Crippen LogP contribution in [0.15, 0.2) is 40.8 Å². The second kappa shape index (κ2) is 5.74. The molecule has 1 unspecified atom stereocenters. The molecule has 1 aromatic carbocycles. The summed E-state index contributed by atoms with van der Waals surface area (Å²) < 4.78 is 5.50. The Labute approximate surface area is 113 Å². The van der Waals surface area contributed by atoms with Crippen LogP contribution < -0.4 is 5.32 Å². The first-order valence-corrected chi connectivity index (χ1v) is 6.46. The summed E-state index contributed by atoms with van der Waals surface area (Å²) in [6, 6.07) is 11.7. The molecular weight excluding hydrogens is 238 g/mol. The molecule has 0 fully saturated rings. The van der Waals surface area contributed by atoms with Gasteiger partial charge < -0.3 is 9.73 Å². The normalized spacial score (nSPS) is 12.2. The lowest BCUT2D eigenvalue weighted by molar-refractivity contribution is -0.121. The van der Waals surface area contributed by atoms with Crippen molar-refractivity contribution in [3.63, 3.8) is 0 Å². The SMILES string of the molecule is Cc1ccc(CC(=O)NC(C)c2ccc(C)o2)cc1. The maximum absolute atomic E-state index is 11.9. The zero-order chi connectivity index (χ0) is 13.8. The predicted molar refractivity (Wildman–Crippen MR) is 74.9 cm³/mol. The van der Waals surface area contributed by atoms with Gasteiger partial charge in [0.1, 0.15) is 11.5 Å². The van der Waals surface area contributed by atoms with Gasteiger partial charge in [0.05, 0.1) is 12.5 Å². The van der Waals surface area contributed by atoms with Gasteiger partial charge in [-0.15, -0.1) is 0 Å². The second-order valence-corrected chi connectivity index (χ2v) is 4.90. The average Bonchev–Trinajstić information content (AvgIpc) is 2.79. The molecule has 2 aromatic rings. The van der Waals surface area contributed by atoms with E-state index in [2.05, 4.69) is 5.32 Å². The van der Waals surface area contributed by atoms with Gasteiger partial charge in [0.2, 0.25) is 5.91 Å². The Kier molecular flexibility index (Phi) is 4.05. The zero-order valence-electron chi connectivity index (χ0n) is 11.6. The highest BCUT2D eigenvalue weighted by Gasteiger charge is 2.12. The lowest BCUT2D eigenvalue weighted by Gasteiger charge is -2.11. The van der Waals surface area contributed by atoms with Crippen molar-refractivity contribution < 1.29 is 9.21 Å². The number of carbonyl (C=O) groups is 1. The molecular formula is C16H19NO2. The number of furan rings is 1. The van der Waals surface area contributed by atoms with Crippen LogP contribution >= 0.6 is 0 Å². The van der Waals surface area contributed by atoms with E-state index in [9.17, 15) is 4.79 Å². The van der Waals surface area contributed by atoms with Crippen LogP contribution in [0.2, 0.25) is 0 Å². The van der Waals surface area contributed by atoms with Crippen molar-refractivity contribution in [3.05, 3.63) is 59.0 Å². The number of nitrogens with one attached hydrogen (secondary N) is 1. The maximum atomic E-state index is 11.9. The molecule has 1 aromatic heterocycles. The van der Waals surface area contributed by atoms with E-state index in [1.54, 1.807) is 0 Å². The van der Waals surface area contributed by atoms with E-state index in [0.717, 1.165) is 17.1 Å². The van der Waals surface area contributed by atoms with Crippen LogP contribution in [0.4, 0.5) is 0 Å². The lowest BCUT2D eigenvalue weighted by atomic mass is 10.1. The highest BCUT2D eigenvalue weighted by molar-refractivity contribution is 5.78. The standard InChI is InChI=1S/C16H19NO2/c1-11-4-7-14(8-5-11)10-16(18)17-13(3)15-9-6-12(2)19-15/h4-9,13H,10H2,1-3H3,(H,17,18). The van der Waals surface area contributed by atoms with Gasteiger partial charge in [0, 0.05) is 0 Å². The van der Waals surface area contributed by atoms with Gasteiger partial charge >= 0.3 is 0 Å². The summed E-state index contributed by atoms with van der Waals surface area (Å²) in [6.07, 6.45) is 0.393. The number of benzene rings is 1. The molecule has 1 heterocycles. The molecule has 3 nitrogen and oxygen atoms in total. The van der Waals surface area contributed by atoms with Crippen molar-refractivity contribution in [2.24, 2.45) is 0 Å². The summed E-state index contributed by atoms with van der Waals surface area (Å²) in [4.78, 5) is 11.9. The minimum Gasteiger partial charge on any atom is -0.464 e. The molecule has 19 heavy (non-hydrogen) atoms. The molecule has 1 atom stereocenters. The van der Waals surface area contributed by atoms with Crippen LogP contribution in [0.5, 0.6) is 0 Å². The first-order valence-electron chi connectivity index (χ1n) is 6.46. The molecule has 0 radical (unpaired) electrons. The van der Waals surface area contributed by atoms with Crippen LogP contribution in [0.25, 0.3) is 0 Å². The molecule has 1 N–H and O–H groups in total. The van der Waals surface area contributed by atoms with Gasteiger partial charge in [0.25, 0.3) is 0 Å². The summed E-state index contributed by atoms with van der Waals surface area (Å²) in [5, 5.41) is 2.94. The summed E-state index contributed by atoms with van der Waals surface area (Å²) in [5.41, 5.74) is 2.22. The van der Waals surface area contributed by atoms with E-state index in [-0.39, 0.29) is 11.9 Å². The van der Waals surface area contributed by atoms with E-state index in [0.29, 0.717) is 6.42 Å². The summed E-state index contributed by atoms with van der Waals surface area (Å²) in [6.45, 7) is 5.85. The van der Waals surface area contributed by atoms with Crippen LogP contribution in [0.1, 0.15) is 35.6 Å². The molecule has 0 saturated heterocycles. The molecule has 1 amide bonds. The number of amides is 1. The van der Waals surface area contributed by atoms with Crippen LogP contribution in [0.3, 0.4) is 0 Å². The fourth-order valence-electron chi connectivity index (χ4n) is 1.94. The Morgan fingerprint density at radius 2 is 1.84 bits per heavy atom. The van der Waals surface area contributed by atoms with Crippen molar-refractivity contribution in [2.75, 3.05) is 0 Å². The molecule has 0 spiro atoms. The number of aryl methyl sites for hydroxylation is 2. The van der Waals surface area contributed by atoms with E-state index in [1.807, 2.05) is 57.2 Å². The predicted octanol–water partition coefficient (Wildman–Crippen LogP) is 3.32. The first kappa shape index (κ1) is 13.4. The average molecular weight is 257 g/mol. The summed E-state index contributed by atoms with van der Waals surface area (Å²) in [5.74, 6) is 1.65. The first-order chi connectivity index (χ1) is 9.04. The quantitative estimate of drug-likeness (QED) is 0.913. The Bertz CT molecular complexity index is 554. The van der Waals surface area contributed by atoms with Crippen molar-refractivity contribution in [1.82, 2.24) is 5.32 Å². The Morgan fingerprint density at radius 1 is 1.16 bits per heavy atom. The summed E-state index contributed by atoms with van der Waals surface area (Å²) >= 11 is 0. The molecule has 0 saturated carbocycles. The molecule has 100 valence electrons. The fraction of sp³-hybridized carbons (Fsp3) is 0.312. The Balaban J connectivity index is 1.92. The monoisotopic (exact) mass is 257 g/mol. The number of hydrogen-bond acceptors (Lipinski definition) is 2. The number of hydrogen-bond donors (Lipinski definition) is 1. The molecule has 0 aliphatic rings. The topological polar surface area (TPSA) is 42.2 Å². The van der Waals surface area contributed by atoms with E-state index < -0.39 is 0 Å². The highest BCUT2D eigenvalue weighted by Crippen LogP contribution is 2.15. The van der Waals surface area contributed by atoms with Crippen molar-refractivity contribution in [3.8, 4) is 0 Å². The number of carbonyl (C=O) groups excluding carboxylic acids is 1. The minimum absolute atomic E-state index is 0.00501. The van der Waals surface area contributed by atoms with E-state index in [1.165, 1.54) is 5.56 Å². The Hall–Kier alpha value is -2.03. The van der Waals surface area contributed by atoms with Crippen LogP contribution in [-0.4, -0.2) is 5.91 Å². The smallest absolute Gasteiger partial charge is 0.224 e. The lowest BCUT2D eigenvalue weighted by Crippen LogP contribution is -2.27. The van der Waals surface area contributed by atoms with E-state index in [4.69, 9.17) is 4.42 Å². The fourth-order valence-corrected chi connectivity index (χ4v) is 1.94. The molecule has 0 bridgehead atoms. The second-order valence-electron chi connectivity index (χ2n) is 4.90. The van der Waals surface area contributed by atoms with Gasteiger partial charge in [-0.1, -0.05) is 29.8 Å². The highest BCUT2D eigenvalue weighted by atomic mass is 16.3. The molecule has 0 aliphatic carbocycles. The third kappa shape index (κ3) is 3.71. The third-order valence-corrected chi connectivity index (χ3v) is 3.05. The molecule has 0 aliphatic heterocycles. The van der Waals surface area contributed by atoms with Crippen molar-refractivity contribution in [1.29, 1.82) is 0 Å². The largest absolute Gasteiger partial charge is 0.464 e. The minimum atomic E-state index is -0.105. The third-order valence-electron chi connectivity index (χ3n) is 3.05. The van der Waals surface area contributed by atoms with Gasteiger partial charge in [-0.2, -0.15) is 0 Å². The molecule has 2 rings (SSSR count). The maximum Gasteiger partial charge on any atom is 0.224 e. The Morgan fingerprint density at radius 3 is 2.42 bits per heavy atom. The van der Waals surface area contributed by atoms with Crippen molar-refractivity contribution >= 4 is 5.91 Å². The van der Waals surface area contributed by atoms with Gasteiger partial charge in [0.15, 0.2) is 0 Å². The van der Waals surface area contributed by atoms with Crippen LogP contribution in [-0.2, 0) is 11.2 Å². The van der Waals surface area contributed by atoms with Crippen molar-refractivity contribution in [2.45, 2.75) is 33.2 Å². The van der Waals surface area contributed by atoms with Crippen LogP contribution in [0, 0.1) is 13.8 Å². The van der Waals surface area contributed by atoms with Gasteiger partial charge in [-0.3, -0.25) is 4.79 Å².